The predicted molar refractivity (Wildman–Crippen MR) is 53.7 cm³/mol. The lowest BCUT2D eigenvalue weighted by atomic mass is 10.5. The zero-order valence-corrected chi connectivity index (χ0v) is 8.15. The highest BCUT2D eigenvalue weighted by atomic mass is 32.1. The third kappa shape index (κ3) is 3.29. The summed E-state index contributed by atoms with van der Waals surface area (Å²) in [6.45, 7) is 2.75. The Morgan fingerprint density at radius 1 is 1.77 bits per heavy atom. The molecule has 0 aliphatic carbocycles. The molecular formula is C7H12N4OS. The van der Waals surface area contributed by atoms with E-state index in [0.29, 0.717) is 16.7 Å². The first-order chi connectivity index (χ1) is 6.22. The fourth-order valence-electron chi connectivity index (χ4n) is 0.784. The van der Waals surface area contributed by atoms with Crippen molar-refractivity contribution in [3.63, 3.8) is 0 Å². The number of thiazole rings is 1. The van der Waals surface area contributed by atoms with Gasteiger partial charge in [-0.3, -0.25) is 4.79 Å². The smallest absolute Gasteiger partial charge is 0.239 e. The fraction of sp³-hybridized carbons (Fsp3) is 0.429. The van der Waals surface area contributed by atoms with E-state index in [0.717, 1.165) is 0 Å². The summed E-state index contributed by atoms with van der Waals surface area (Å²) in [7, 11) is 0. The Kier molecular flexibility index (Phi) is 3.51. The molecule has 1 aromatic heterocycles. The second-order valence-electron chi connectivity index (χ2n) is 2.37. The highest BCUT2D eigenvalue weighted by Gasteiger charge is 2.01. The van der Waals surface area contributed by atoms with Crippen LogP contribution in [0.3, 0.4) is 0 Å². The van der Waals surface area contributed by atoms with Gasteiger partial charge >= 0.3 is 0 Å². The van der Waals surface area contributed by atoms with E-state index in [1.807, 2.05) is 6.92 Å². The van der Waals surface area contributed by atoms with Crippen molar-refractivity contribution >= 4 is 27.4 Å². The van der Waals surface area contributed by atoms with Gasteiger partial charge in [-0.05, 0) is 6.92 Å². The van der Waals surface area contributed by atoms with Crippen LogP contribution >= 0.6 is 11.3 Å². The molecule has 1 amide bonds. The molecule has 1 aromatic rings. The number of hydrogen-bond donors (Lipinski definition) is 3. The van der Waals surface area contributed by atoms with Gasteiger partial charge in [-0.1, -0.05) is 11.3 Å². The number of nitrogen functional groups attached to an aromatic ring is 1. The van der Waals surface area contributed by atoms with Crippen molar-refractivity contribution in [3.05, 3.63) is 6.20 Å². The molecular weight excluding hydrogens is 188 g/mol. The summed E-state index contributed by atoms with van der Waals surface area (Å²) in [6, 6.07) is 0. The first-order valence-electron chi connectivity index (χ1n) is 3.94. The number of likely N-dealkylation sites (N-methyl/N-ethyl adjacent to an activating group) is 1. The number of aromatic nitrogens is 1. The van der Waals surface area contributed by atoms with Crippen LogP contribution in [0.5, 0.6) is 0 Å². The van der Waals surface area contributed by atoms with Gasteiger partial charge in [-0.25, -0.2) is 4.98 Å². The quantitative estimate of drug-likeness (QED) is 0.652. The van der Waals surface area contributed by atoms with Crippen LogP contribution in [0.4, 0.5) is 10.1 Å². The Hall–Kier alpha value is -1.30. The summed E-state index contributed by atoms with van der Waals surface area (Å²) in [4.78, 5) is 14.9. The average molecular weight is 200 g/mol. The van der Waals surface area contributed by atoms with E-state index in [9.17, 15) is 4.79 Å². The largest absolute Gasteiger partial charge is 0.389 e. The number of rotatable bonds is 4. The van der Waals surface area contributed by atoms with Gasteiger partial charge in [0.05, 0.1) is 12.7 Å². The molecule has 0 atom stereocenters. The van der Waals surface area contributed by atoms with E-state index < -0.39 is 0 Å². The van der Waals surface area contributed by atoms with Crippen molar-refractivity contribution in [3.8, 4) is 0 Å². The zero-order chi connectivity index (χ0) is 9.68. The molecule has 0 unspecified atom stereocenters. The van der Waals surface area contributed by atoms with Crippen LogP contribution in [0, 0.1) is 0 Å². The SMILES string of the molecule is CCNC(=O)CNc1ncc(N)s1. The van der Waals surface area contributed by atoms with E-state index in [1.54, 1.807) is 6.20 Å². The Bertz CT molecular complexity index is 286. The van der Waals surface area contributed by atoms with Crippen LogP contribution in [-0.2, 0) is 4.79 Å². The van der Waals surface area contributed by atoms with E-state index in [-0.39, 0.29) is 12.5 Å². The van der Waals surface area contributed by atoms with Crippen LogP contribution in [-0.4, -0.2) is 24.0 Å². The van der Waals surface area contributed by atoms with Crippen molar-refractivity contribution in [1.29, 1.82) is 0 Å². The molecule has 0 saturated carbocycles. The van der Waals surface area contributed by atoms with Crippen molar-refractivity contribution < 1.29 is 4.79 Å². The number of nitrogens with zero attached hydrogens (tertiary/aromatic N) is 1. The topological polar surface area (TPSA) is 80.0 Å². The standard InChI is InChI=1S/C7H12N4OS/c1-2-9-6(12)4-11-7-10-3-5(8)13-7/h3H,2,4,8H2,1H3,(H,9,12)(H,10,11). The third-order valence-corrected chi connectivity index (χ3v) is 2.08. The first kappa shape index (κ1) is 9.79. The first-order valence-corrected chi connectivity index (χ1v) is 4.76. The summed E-state index contributed by atoms with van der Waals surface area (Å²) >= 11 is 1.32. The van der Waals surface area contributed by atoms with Crippen LogP contribution in [0.25, 0.3) is 0 Å². The molecule has 6 heteroatoms. The lowest BCUT2D eigenvalue weighted by Gasteiger charge is -2.01. The number of nitrogens with two attached hydrogens (primary N) is 1. The highest BCUT2D eigenvalue weighted by molar-refractivity contribution is 7.19. The highest BCUT2D eigenvalue weighted by Crippen LogP contribution is 2.18. The van der Waals surface area contributed by atoms with E-state index >= 15 is 0 Å². The summed E-state index contributed by atoms with van der Waals surface area (Å²) < 4.78 is 0. The number of carbonyl (C=O) groups is 1. The zero-order valence-electron chi connectivity index (χ0n) is 7.33. The van der Waals surface area contributed by atoms with Crippen molar-refractivity contribution in [2.75, 3.05) is 24.1 Å². The second-order valence-corrected chi connectivity index (χ2v) is 3.44. The van der Waals surface area contributed by atoms with Crippen molar-refractivity contribution in [1.82, 2.24) is 10.3 Å². The summed E-state index contributed by atoms with van der Waals surface area (Å²) in [5.41, 5.74) is 5.46. The van der Waals surface area contributed by atoms with Gasteiger partial charge in [0.15, 0.2) is 5.13 Å². The Labute approximate surface area is 80.4 Å². The molecule has 0 fully saturated rings. The number of amides is 1. The molecule has 0 saturated heterocycles. The van der Waals surface area contributed by atoms with Gasteiger partial charge in [0.1, 0.15) is 5.00 Å². The van der Waals surface area contributed by atoms with Crippen LogP contribution < -0.4 is 16.4 Å². The maximum absolute atomic E-state index is 11.0. The maximum Gasteiger partial charge on any atom is 0.239 e. The molecule has 0 spiro atoms. The van der Waals surface area contributed by atoms with E-state index in [1.165, 1.54) is 11.3 Å². The molecule has 72 valence electrons. The van der Waals surface area contributed by atoms with Gasteiger partial charge in [-0.2, -0.15) is 0 Å². The average Bonchev–Trinajstić information content (AvgIpc) is 2.49. The monoisotopic (exact) mass is 200 g/mol. The molecule has 1 heterocycles. The minimum Gasteiger partial charge on any atom is -0.389 e. The number of carbonyl (C=O) groups excluding carboxylic acids is 1. The van der Waals surface area contributed by atoms with Gasteiger partial charge in [0.2, 0.25) is 5.91 Å². The van der Waals surface area contributed by atoms with Gasteiger partial charge in [0, 0.05) is 6.54 Å². The Morgan fingerprint density at radius 2 is 2.54 bits per heavy atom. The molecule has 0 aromatic carbocycles. The fourth-order valence-corrected chi connectivity index (χ4v) is 1.36. The lowest BCUT2D eigenvalue weighted by molar-refractivity contribution is -0.119. The number of anilines is 2. The number of nitrogens with one attached hydrogen (secondary N) is 2. The predicted octanol–water partition coefficient (Wildman–Crippen LogP) is 0.273. The van der Waals surface area contributed by atoms with Crippen LogP contribution in [0.2, 0.25) is 0 Å². The van der Waals surface area contributed by atoms with Crippen molar-refractivity contribution in [2.24, 2.45) is 0 Å². The van der Waals surface area contributed by atoms with E-state index in [2.05, 4.69) is 15.6 Å². The molecule has 0 aliphatic rings. The normalized spacial score (nSPS) is 9.62. The summed E-state index contributed by atoms with van der Waals surface area (Å²) in [5, 5.41) is 6.84. The molecule has 13 heavy (non-hydrogen) atoms. The van der Waals surface area contributed by atoms with Gasteiger partial charge in [-0.15, -0.1) is 0 Å². The van der Waals surface area contributed by atoms with Crippen LogP contribution in [0.1, 0.15) is 6.92 Å². The second kappa shape index (κ2) is 4.66. The van der Waals surface area contributed by atoms with Gasteiger partial charge < -0.3 is 16.4 Å². The molecule has 0 bridgehead atoms. The maximum atomic E-state index is 11.0. The third-order valence-electron chi connectivity index (χ3n) is 1.30. The van der Waals surface area contributed by atoms with E-state index in [4.69, 9.17) is 5.73 Å². The van der Waals surface area contributed by atoms with Gasteiger partial charge in [0.25, 0.3) is 0 Å². The lowest BCUT2D eigenvalue weighted by Crippen LogP contribution is -2.29. The molecule has 0 aliphatic heterocycles. The summed E-state index contributed by atoms with van der Waals surface area (Å²) in [6.07, 6.45) is 1.56. The van der Waals surface area contributed by atoms with Crippen LogP contribution in [0.15, 0.2) is 6.20 Å². The Balaban J connectivity index is 2.30. The van der Waals surface area contributed by atoms with Crippen molar-refractivity contribution in [2.45, 2.75) is 6.92 Å². The minimum atomic E-state index is -0.0451. The molecule has 0 radical (unpaired) electrons. The summed E-state index contributed by atoms with van der Waals surface area (Å²) in [5.74, 6) is -0.0451. The molecule has 4 N–H and O–H groups in total. The Morgan fingerprint density at radius 3 is 3.08 bits per heavy atom. The molecule has 5 nitrogen and oxygen atoms in total. The number of hydrogen-bond acceptors (Lipinski definition) is 5. The minimum absolute atomic E-state index is 0.0451. The molecule has 1 rings (SSSR count).